The Hall–Kier alpha value is -3.30. The van der Waals surface area contributed by atoms with Gasteiger partial charge in [0, 0.05) is 15.5 Å². The first-order valence-corrected chi connectivity index (χ1v) is 11.0. The van der Waals surface area contributed by atoms with Crippen molar-refractivity contribution >= 4 is 43.7 Å². The first-order chi connectivity index (χ1) is 15.4. The Bertz CT molecular complexity index is 1260. The van der Waals surface area contributed by atoms with Crippen molar-refractivity contribution in [3.63, 3.8) is 0 Å². The number of amides is 2. The van der Waals surface area contributed by atoms with Gasteiger partial charge in [-0.25, -0.2) is 0 Å². The zero-order valence-corrected chi connectivity index (χ0v) is 19.9. The maximum absolute atomic E-state index is 12.3. The minimum Gasteiger partial charge on any atom is -0.326 e. The van der Waals surface area contributed by atoms with E-state index >= 15 is 0 Å². The number of nitrogens with zero attached hydrogens (tertiary/aromatic N) is 3. The lowest BCUT2D eigenvalue weighted by Gasteiger charge is -2.14. The molecule has 0 radical (unpaired) electrons. The molecule has 0 saturated carbocycles. The predicted molar refractivity (Wildman–Crippen MR) is 126 cm³/mol. The summed E-state index contributed by atoms with van der Waals surface area (Å²) >= 11 is 6.61. The maximum Gasteiger partial charge on any atom is 0.261 e. The Balaban J connectivity index is 0.000000222. The van der Waals surface area contributed by atoms with Crippen LogP contribution in [0.2, 0.25) is 0 Å². The van der Waals surface area contributed by atoms with Crippen LogP contribution in [0.4, 0.5) is 0 Å². The molecule has 0 aromatic heterocycles. The van der Waals surface area contributed by atoms with Crippen LogP contribution in [0.15, 0.2) is 69.6 Å². The van der Waals surface area contributed by atoms with E-state index in [1.807, 2.05) is 6.07 Å². The normalized spacial score (nSPS) is 11.8. The van der Waals surface area contributed by atoms with Gasteiger partial charge in [-0.2, -0.15) is 10.5 Å². The van der Waals surface area contributed by atoms with Crippen LogP contribution in [-0.2, 0) is 13.1 Å². The van der Waals surface area contributed by atoms with E-state index in [0.29, 0.717) is 28.8 Å². The molecule has 0 saturated heterocycles. The molecule has 2 amide bonds. The van der Waals surface area contributed by atoms with Crippen molar-refractivity contribution in [1.82, 2.24) is 4.90 Å². The molecule has 0 atom stereocenters. The minimum absolute atomic E-state index is 0.153. The Kier molecular flexibility index (Phi) is 7.55. The largest absolute Gasteiger partial charge is 0.326 e. The SMILES string of the molecule is N#Cc1cc(Br)cc(CN)c1.N#Cc1cc(Br)cc(CN2C(=O)c3ccccc3C2=O)c1. The van der Waals surface area contributed by atoms with Gasteiger partial charge in [-0.05, 0) is 59.7 Å². The summed E-state index contributed by atoms with van der Waals surface area (Å²) in [5.74, 6) is -0.594. The van der Waals surface area contributed by atoms with Crippen LogP contribution in [0, 0.1) is 22.7 Å². The molecule has 3 aromatic carbocycles. The van der Waals surface area contributed by atoms with Crippen LogP contribution < -0.4 is 5.73 Å². The van der Waals surface area contributed by atoms with Gasteiger partial charge >= 0.3 is 0 Å². The second-order valence-corrected chi connectivity index (χ2v) is 8.70. The number of nitriles is 2. The van der Waals surface area contributed by atoms with E-state index in [0.717, 1.165) is 20.1 Å². The standard InChI is InChI=1S/C16H9BrN2O2.C8H7BrN2/c17-12-6-10(8-18)5-11(7-12)9-19-15(20)13-3-1-2-4-14(13)16(19)21;9-8-2-6(4-10)1-7(3-8)5-11/h1-7H,9H2;1-3H,4,10H2. The van der Waals surface area contributed by atoms with Crippen LogP contribution in [0.1, 0.15) is 43.0 Å². The summed E-state index contributed by atoms with van der Waals surface area (Å²) in [6, 6.07) is 21.5. The molecular formula is C24H16Br2N4O2. The molecule has 0 spiro atoms. The van der Waals surface area contributed by atoms with Crippen molar-refractivity contribution < 1.29 is 9.59 Å². The number of carbonyl (C=O) groups is 2. The minimum atomic E-state index is -0.297. The molecule has 1 aliphatic heterocycles. The number of carbonyl (C=O) groups excluding carboxylic acids is 2. The quantitative estimate of drug-likeness (QED) is 0.465. The second kappa shape index (κ2) is 10.3. The van der Waals surface area contributed by atoms with Gasteiger partial charge in [0.2, 0.25) is 0 Å². The zero-order chi connectivity index (χ0) is 23.3. The van der Waals surface area contributed by atoms with Crippen molar-refractivity contribution in [2.24, 2.45) is 5.73 Å². The number of benzene rings is 3. The van der Waals surface area contributed by atoms with Gasteiger partial charge < -0.3 is 5.73 Å². The third-order valence-corrected chi connectivity index (χ3v) is 5.54. The van der Waals surface area contributed by atoms with Gasteiger partial charge in [0.25, 0.3) is 11.8 Å². The molecule has 8 heteroatoms. The average molecular weight is 552 g/mol. The number of imide groups is 1. The molecule has 32 heavy (non-hydrogen) atoms. The number of rotatable bonds is 3. The van der Waals surface area contributed by atoms with E-state index in [4.69, 9.17) is 16.3 Å². The first kappa shape index (κ1) is 23.4. The Morgan fingerprint density at radius 3 is 1.72 bits per heavy atom. The Morgan fingerprint density at radius 1 is 0.781 bits per heavy atom. The van der Waals surface area contributed by atoms with Crippen LogP contribution in [-0.4, -0.2) is 16.7 Å². The predicted octanol–water partition coefficient (Wildman–Crippen LogP) is 4.90. The van der Waals surface area contributed by atoms with Crippen molar-refractivity contribution in [3.8, 4) is 12.1 Å². The summed E-state index contributed by atoms with van der Waals surface area (Å²) in [6.07, 6.45) is 0. The molecule has 158 valence electrons. The van der Waals surface area contributed by atoms with Crippen LogP contribution in [0.25, 0.3) is 0 Å². The Morgan fingerprint density at radius 2 is 1.25 bits per heavy atom. The fraction of sp³-hybridized carbons (Fsp3) is 0.0833. The molecule has 3 aromatic rings. The number of fused-ring (bicyclic) bond motifs is 1. The molecule has 0 aliphatic carbocycles. The highest BCUT2D eigenvalue weighted by molar-refractivity contribution is 9.10. The third kappa shape index (κ3) is 5.30. The van der Waals surface area contributed by atoms with Gasteiger partial charge in [0.05, 0.1) is 40.9 Å². The number of hydrogen-bond donors (Lipinski definition) is 1. The monoisotopic (exact) mass is 550 g/mol. The highest BCUT2D eigenvalue weighted by atomic mass is 79.9. The van der Waals surface area contributed by atoms with Crippen molar-refractivity contribution in [2.75, 3.05) is 0 Å². The van der Waals surface area contributed by atoms with E-state index in [-0.39, 0.29) is 18.4 Å². The Labute approximate surface area is 202 Å². The molecule has 1 aliphatic rings. The van der Waals surface area contributed by atoms with E-state index in [2.05, 4.69) is 44.0 Å². The van der Waals surface area contributed by atoms with Crippen molar-refractivity contribution in [3.05, 3.63) is 103 Å². The van der Waals surface area contributed by atoms with Crippen LogP contribution in [0.5, 0.6) is 0 Å². The van der Waals surface area contributed by atoms with Gasteiger partial charge in [0.1, 0.15) is 0 Å². The van der Waals surface area contributed by atoms with Gasteiger partial charge in [-0.3, -0.25) is 14.5 Å². The molecule has 4 rings (SSSR count). The van der Waals surface area contributed by atoms with Crippen molar-refractivity contribution in [1.29, 1.82) is 10.5 Å². The fourth-order valence-electron chi connectivity index (χ4n) is 3.20. The topological polar surface area (TPSA) is 111 Å². The highest BCUT2D eigenvalue weighted by Crippen LogP contribution is 2.25. The molecule has 6 nitrogen and oxygen atoms in total. The lowest BCUT2D eigenvalue weighted by Crippen LogP contribution is -2.29. The summed E-state index contributed by atoms with van der Waals surface area (Å²) in [5, 5.41) is 17.5. The summed E-state index contributed by atoms with van der Waals surface area (Å²) in [5.41, 5.74) is 9.09. The summed E-state index contributed by atoms with van der Waals surface area (Å²) in [4.78, 5) is 25.8. The van der Waals surface area contributed by atoms with E-state index in [1.165, 1.54) is 4.90 Å². The van der Waals surface area contributed by atoms with Crippen molar-refractivity contribution in [2.45, 2.75) is 13.1 Å². The lowest BCUT2D eigenvalue weighted by atomic mass is 10.1. The number of halogens is 2. The summed E-state index contributed by atoms with van der Waals surface area (Å²) in [7, 11) is 0. The molecule has 0 unspecified atom stereocenters. The fourth-order valence-corrected chi connectivity index (χ4v) is 4.29. The summed E-state index contributed by atoms with van der Waals surface area (Å²) < 4.78 is 1.64. The molecule has 1 heterocycles. The third-order valence-electron chi connectivity index (χ3n) is 4.63. The van der Waals surface area contributed by atoms with Gasteiger partial charge in [0.15, 0.2) is 0 Å². The van der Waals surface area contributed by atoms with Crippen LogP contribution >= 0.6 is 31.9 Å². The number of hydrogen-bond acceptors (Lipinski definition) is 5. The molecule has 0 fully saturated rings. The highest BCUT2D eigenvalue weighted by Gasteiger charge is 2.34. The first-order valence-electron chi connectivity index (χ1n) is 9.40. The van der Waals surface area contributed by atoms with Gasteiger partial charge in [-0.1, -0.05) is 44.0 Å². The van der Waals surface area contributed by atoms with E-state index in [9.17, 15) is 9.59 Å². The number of nitrogens with two attached hydrogens (primary N) is 1. The average Bonchev–Trinajstić information content (AvgIpc) is 3.03. The molecule has 0 bridgehead atoms. The van der Waals surface area contributed by atoms with E-state index in [1.54, 1.807) is 54.6 Å². The van der Waals surface area contributed by atoms with Crippen LogP contribution in [0.3, 0.4) is 0 Å². The smallest absolute Gasteiger partial charge is 0.261 e. The maximum atomic E-state index is 12.3. The summed E-state index contributed by atoms with van der Waals surface area (Å²) in [6.45, 7) is 0.620. The lowest BCUT2D eigenvalue weighted by molar-refractivity contribution is 0.0642. The second-order valence-electron chi connectivity index (χ2n) is 6.87. The molecule has 2 N–H and O–H groups in total. The van der Waals surface area contributed by atoms with E-state index < -0.39 is 0 Å². The van der Waals surface area contributed by atoms with Gasteiger partial charge in [-0.15, -0.1) is 0 Å². The zero-order valence-electron chi connectivity index (χ0n) is 16.7. The molecular weight excluding hydrogens is 536 g/mol.